The van der Waals surface area contributed by atoms with Crippen molar-refractivity contribution in [2.24, 2.45) is 0 Å². The summed E-state index contributed by atoms with van der Waals surface area (Å²) in [4.78, 5) is 44.9. The highest BCUT2D eigenvalue weighted by atomic mass is 16.6. The van der Waals surface area contributed by atoms with Crippen LogP contribution in [0.5, 0.6) is 0 Å². The Morgan fingerprint density at radius 3 is 1.00 bits per heavy atom. The largest absolute Gasteiger partial charge is 0.460 e. The van der Waals surface area contributed by atoms with E-state index in [2.05, 4.69) is 22.6 Å². The monoisotopic (exact) mass is 402 g/mol. The Balaban J connectivity index is 3.55. The summed E-state index contributed by atoms with van der Waals surface area (Å²) in [7, 11) is 0. The van der Waals surface area contributed by atoms with Gasteiger partial charge < -0.3 is 28.4 Å². The van der Waals surface area contributed by atoms with E-state index in [1.54, 1.807) is 0 Å². The first-order chi connectivity index (χ1) is 13.3. The SMILES string of the molecule is C=C(C)C(=O)OCCOCCOC(=O)C(=O)OCCOCCOC(=O)C(=C)C. The lowest BCUT2D eigenvalue weighted by atomic mass is 10.4. The van der Waals surface area contributed by atoms with Crippen LogP contribution in [0.4, 0.5) is 0 Å². The average molecular weight is 402 g/mol. The number of esters is 4. The molecule has 0 atom stereocenters. The van der Waals surface area contributed by atoms with Gasteiger partial charge in [-0.05, 0) is 13.8 Å². The quantitative estimate of drug-likeness (QED) is 0.132. The molecule has 0 aliphatic carbocycles. The van der Waals surface area contributed by atoms with Crippen molar-refractivity contribution in [1.29, 1.82) is 0 Å². The minimum atomic E-state index is -1.16. The number of carbonyl (C=O) groups excluding carboxylic acids is 4. The average Bonchev–Trinajstić information content (AvgIpc) is 2.65. The van der Waals surface area contributed by atoms with Crippen molar-refractivity contribution in [2.45, 2.75) is 13.8 Å². The maximum Gasteiger partial charge on any atom is 0.417 e. The predicted molar refractivity (Wildman–Crippen MR) is 95.1 cm³/mol. The van der Waals surface area contributed by atoms with Gasteiger partial charge in [0.15, 0.2) is 0 Å². The number of carbonyl (C=O) groups is 4. The summed E-state index contributed by atoms with van der Waals surface area (Å²) >= 11 is 0. The Bertz CT molecular complexity index is 517. The Labute approximate surface area is 163 Å². The Morgan fingerprint density at radius 2 is 0.750 bits per heavy atom. The highest BCUT2D eigenvalue weighted by molar-refractivity contribution is 6.29. The molecule has 0 aliphatic rings. The molecule has 0 amide bonds. The summed E-state index contributed by atoms with van der Waals surface area (Å²) in [6.45, 7) is 9.92. The topological polar surface area (TPSA) is 124 Å². The molecule has 10 heteroatoms. The summed E-state index contributed by atoms with van der Waals surface area (Å²) in [6, 6.07) is 0. The highest BCUT2D eigenvalue weighted by Gasteiger charge is 2.16. The second-order valence-corrected chi connectivity index (χ2v) is 5.33. The summed E-state index contributed by atoms with van der Waals surface area (Å²) in [6.07, 6.45) is 0. The van der Waals surface area contributed by atoms with Crippen LogP contribution in [0.3, 0.4) is 0 Å². The van der Waals surface area contributed by atoms with Crippen LogP contribution in [0.25, 0.3) is 0 Å². The van der Waals surface area contributed by atoms with Gasteiger partial charge in [-0.25, -0.2) is 19.2 Å². The van der Waals surface area contributed by atoms with E-state index in [0.29, 0.717) is 0 Å². The van der Waals surface area contributed by atoms with Crippen molar-refractivity contribution in [3.63, 3.8) is 0 Å². The first-order valence-corrected chi connectivity index (χ1v) is 8.40. The second kappa shape index (κ2) is 15.3. The molecule has 0 fully saturated rings. The zero-order valence-electron chi connectivity index (χ0n) is 16.2. The van der Waals surface area contributed by atoms with Gasteiger partial charge in [0.05, 0.1) is 26.4 Å². The molecule has 0 bridgehead atoms. The van der Waals surface area contributed by atoms with E-state index >= 15 is 0 Å². The van der Waals surface area contributed by atoms with Crippen molar-refractivity contribution in [3.05, 3.63) is 24.3 Å². The minimum absolute atomic E-state index is 0.0235. The lowest BCUT2D eigenvalue weighted by Crippen LogP contribution is -2.24. The van der Waals surface area contributed by atoms with Crippen molar-refractivity contribution in [1.82, 2.24) is 0 Å². The summed E-state index contributed by atoms with van der Waals surface area (Å²) in [5, 5.41) is 0. The second-order valence-electron chi connectivity index (χ2n) is 5.33. The Morgan fingerprint density at radius 1 is 0.500 bits per heavy atom. The third-order valence-corrected chi connectivity index (χ3v) is 2.71. The molecule has 0 spiro atoms. The maximum absolute atomic E-state index is 11.4. The van der Waals surface area contributed by atoms with Crippen molar-refractivity contribution in [2.75, 3.05) is 52.9 Å². The van der Waals surface area contributed by atoms with Crippen LogP contribution in [0.1, 0.15) is 13.8 Å². The van der Waals surface area contributed by atoms with E-state index in [-0.39, 0.29) is 64.0 Å². The molecule has 10 nitrogen and oxygen atoms in total. The lowest BCUT2D eigenvalue weighted by Gasteiger charge is -2.08. The first kappa shape index (κ1) is 25.3. The van der Waals surface area contributed by atoms with Gasteiger partial charge in [-0.1, -0.05) is 13.2 Å². The van der Waals surface area contributed by atoms with Gasteiger partial charge in [-0.15, -0.1) is 0 Å². The molecule has 0 heterocycles. The van der Waals surface area contributed by atoms with Gasteiger partial charge in [0.1, 0.15) is 26.4 Å². The predicted octanol–water partition coefficient (Wildman–Crippen LogP) is 0.345. The molecule has 0 N–H and O–H groups in total. The van der Waals surface area contributed by atoms with Crippen molar-refractivity contribution in [3.8, 4) is 0 Å². The van der Waals surface area contributed by atoms with Crippen LogP contribution >= 0.6 is 0 Å². The zero-order chi connectivity index (χ0) is 21.4. The van der Waals surface area contributed by atoms with Gasteiger partial charge in [-0.3, -0.25) is 0 Å². The van der Waals surface area contributed by atoms with Gasteiger partial charge in [-0.2, -0.15) is 0 Å². The van der Waals surface area contributed by atoms with E-state index in [4.69, 9.17) is 18.9 Å². The third-order valence-electron chi connectivity index (χ3n) is 2.71. The normalized spacial score (nSPS) is 9.93. The van der Waals surface area contributed by atoms with Crippen molar-refractivity contribution >= 4 is 23.9 Å². The molecule has 158 valence electrons. The molecule has 0 unspecified atom stereocenters. The third kappa shape index (κ3) is 13.5. The molecule has 0 radical (unpaired) electrons. The molecule has 0 rings (SSSR count). The molecule has 0 aromatic rings. The van der Waals surface area contributed by atoms with E-state index in [1.807, 2.05) is 0 Å². The maximum atomic E-state index is 11.4. The summed E-state index contributed by atoms with van der Waals surface area (Å²) in [5.41, 5.74) is 0.563. The number of ether oxygens (including phenoxy) is 6. The van der Waals surface area contributed by atoms with Crippen molar-refractivity contribution < 1.29 is 47.6 Å². The van der Waals surface area contributed by atoms with Crippen LogP contribution < -0.4 is 0 Å². The fraction of sp³-hybridized carbons (Fsp3) is 0.556. The Hall–Kier alpha value is -2.72. The molecule has 0 saturated carbocycles. The molecule has 28 heavy (non-hydrogen) atoms. The van der Waals surface area contributed by atoms with Crippen LogP contribution in [0.15, 0.2) is 24.3 Å². The highest BCUT2D eigenvalue weighted by Crippen LogP contribution is 1.93. The fourth-order valence-electron chi connectivity index (χ4n) is 1.34. The van der Waals surface area contributed by atoms with Crippen LogP contribution in [-0.2, 0) is 47.6 Å². The molecule has 0 aliphatic heterocycles. The smallest absolute Gasteiger partial charge is 0.417 e. The summed E-state index contributed by atoms with van der Waals surface area (Å²) in [5.74, 6) is -3.36. The van der Waals surface area contributed by atoms with E-state index in [0.717, 1.165) is 0 Å². The minimum Gasteiger partial charge on any atom is -0.460 e. The van der Waals surface area contributed by atoms with E-state index in [9.17, 15) is 19.2 Å². The summed E-state index contributed by atoms with van der Waals surface area (Å²) < 4.78 is 29.0. The van der Waals surface area contributed by atoms with E-state index < -0.39 is 23.9 Å². The van der Waals surface area contributed by atoms with E-state index in [1.165, 1.54) is 13.8 Å². The van der Waals surface area contributed by atoms with Gasteiger partial charge in [0.25, 0.3) is 0 Å². The molecule has 0 aromatic carbocycles. The molecular weight excluding hydrogens is 376 g/mol. The fourth-order valence-corrected chi connectivity index (χ4v) is 1.34. The zero-order valence-corrected chi connectivity index (χ0v) is 16.2. The molecular formula is C18H26O10. The van der Waals surface area contributed by atoms with Crippen LogP contribution in [0.2, 0.25) is 0 Å². The first-order valence-electron chi connectivity index (χ1n) is 8.40. The lowest BCUT2D eigenvalue weighted by molar-refractivity contribution is -0.169. The van der Waals surface area contributed by atoms with Gasteiger partial charge in [0.2, 0.25) is 0 Å². The number of hydrogen-bond donors (Lipinski definition) is 0. The van der Waals surface area contributed by atoms with Crippen LogP contribution in [-0.4, -0.2) is 76.7 Å². The Kier molecular flexibility index (Phi) is 13.9. The van der Waals surface area contributed by atoms with Gasteiger partial charge in [0, 0.05) is 11.1 Å². The molecule has 0 aromatic heterocycles. The molecule has 0 saturated heterocycles. The number of rotatable bonds is 14. The number of hydrogen-bond acceptors (Lipinski definition) is 10. The van der Waals surface area contributed by atoms with Gasteiger partial charge >= 0.3 is 23.9 Å². The standard InChI is InChI=1S/C18H26O10/c1-13(2)15(19)25-9-5-23-7-11-27-17(21)18(22)28-12-8-24-6-10-26-16(20)14(3)4/h1,3,5-12H2,2,4H3. The van der Waals surface area contributed by atoms with Crippen LogP contribution in [0, 0.1) is 0 Å².